The van der Waals surface area contributed by atoms with Crippen LogP contribution in [0.4, 0.5) is 4.39 Å². The Bertz CT molecular complexity index is 930. The summed E-state index contributed by atoms with van der Waals surface area (Å²) in [5.41, 5.74) is 1.29. The number of methoxy groups -OCH3 is 1. The van der Waals surface area contributed by atoms with Gasteiger partial charge < -0.3 is 10.1 Å². The van der Waals surface area contributed by atoms with Crippen LogP contribution in [0.3, 0.4) is 0 Å². The van der Waals surface area contributed by atoms with Crippen LogP contribution in [0.25, 0.3) is 11.3 Å². The van der Waals surface area contributed by atoms with Gasteiger partial charge in [0.2, 0.25) is 5.91 Å². The van der Waals surface area contributed by atoms with Crippen molar-refractivity contribution < 1.29 is 13.9 Å². The third kappa shape index (κ3) is 5.78. The molecule has 0 bridgehead atoms. The summed E-state index contributed by atoms with van der Waals surface area (Å²) < 4.78 is 19.2. The van der Waals surface area contributed by atoms with Gasteiger partial charge in [0.25, 0.3) is 5.56 Å². The number of halogens is 1. The van der Waals surface area contributed by atoms with Crippen molar-refractivity contribution in [2.75, 3.05) is 13.7 Å². The van der Waals surface area contributed by atoms with Gasteiger partial charge in [0.15, 0.2) is 0 Å². The molecule has 27 heavy (non-hydrogen) atoms. The number of ether oxygens (including phenoxy) is 1. The van der Waals surface area contributed by atoms with E-state index >= 15 is 0 Å². The normalized spacial score (nSPS) is 11.0. The first-order chi connectivity index (χ1) is 12.9. The van der Waals surface area contributed by atoms with Crippen molar-refractivity contribution in [3.63, 3.8) is 0 Å². The molecule has 0 radical (unpaired) electrons. The number of amides is 1. The predicted octanol–water partition coefficient (Wildman–Crippen LogP) is 2.63. The minimum Gasteiger partial charge on any atom is -0.497 e. The average Bonchev–Trinajstić information content (AvgIpc) is 2.68. The first-order valence-electron chi connectivity index (χ1n) is 8.09. The molecule has 2 rings (SSSR count). The van der Waals surface area contributed by atoms with Crippen LogP contribution in [0.1, 0.15) is 0 Å². The highest BCUT2D eigenvalue weighted by atomic mass is 19.1. The molecule has 1 amide bonds. The third-order valence-corrected chi connectivity index (χ3v) is 3.60. The molecule has 0 saturated carbocycles. The molecule has 6 nitrogen and oxygen atoms in total. The van der Waals surface area contributed by atoms with E-state index in [0.717, 1.165) is 16.3 Å². The Hall–Kier alpha value is -3.48. The van der Waals surface area contributed by atoms with E-state index in [2.05, 4.69) is 23.6 Å². The summed E-state index contributed by atoms with van der Waals surface area (Å²) in [6.45, 7) is 6.71. The lowest BCUT2D eigenvalue weighted by atomic mass is 10.1. The number of nitrogens with one attached hydrogen (secondary N) is 1. The fraction of sp³-hybridized carbons (Fsp3) is 0.150. The van der Waals surface area contributed by atoms with Crippen LogP contribution in [0.15, 0.2) is 77.9 Å². The van der Waals surface area contributed by atoms with Gasteiger partial charge in [-0.2, -0.15) is 5.10 Å². The second-order valence-corrected chi connectivity index (χ2v) is 5.61. The SMILES string of the molecule is C=C/C(F)=C\C(=C)CNC(=O)Cn1nc(-c2ccc(OC)cc2)ccc1=O. The minimum atomic E-state index is -0.542. The van der Waals surface area contributed by atoms with Crippen LogP contribution in [0.5, 0.6) is 5.75 Å². The average molecular weight is 369 g/mol. The minimum absolute atomic E-state index is 0.0486. The number of benzene rings is 1. The van der Waals surface area contributed by atoms with E-state index in [-0.39, 0.29) is 13.1 Å². The Morgan fingerprint density at radius 3 is 2.63 bits per heavy atom. The first-order valence-corrected chi connectivity index (χ1v) is 8.09. The molecule has 0 fully saturated rings. The molecule has 140 valence electrons. The van der Waals surface area contributed by atoms with Gasteiger partial charge in [0.1, 0.15) is 18.1 Å². The molecule has 1 aromatic carbocycles. The van der Waals surface area contributed by atoms with Gasteiger partial charge in [0, 0.05) is 18.2 Å². The van der Waals surface area contributed by atoms with Crippen LogP contribution >= 0.6 is 0 Å². The summed E-state index contributed by atoms with van der Waals surface area (Å²) in [5, 5.41) is 6.78. The predicted molar refractivity (Wildman–Crippen MR) is 102 cm³/mol. The van der Waals surface area contributed by atoms with Gasteiger partial charge in [-0.25, -0.2) is 9.07 Å². The smallest absolute Gasteiger partial charge is 0.267 e. The van der Waals surface area contributed by atoms with Gasteiger partial charge in [-0.3, -0.25) is 9.59 Å². The molecule has 0 aliphatic rings. The zero-order valence-corrected chi connectivity index (χ0v) is 14.9. The van der Waals surface area contributed by atoms with Gasteiger partial charge >= 0.3 is 0 Å². The maximum atomic E-state index is 13.1. The second kappa shape index (κ2) is 9.28. The summed E-state index contributed by atoms with van der Waals surface area (Å²) in [4.78, 5) is 24.0. The van der Waals surface area contributed by atoms with E-state index in [0.29, 0.717) is 17.0 Å². The Kier molecular flexibility index (Phi) is 6.82. The Morgan fingerprint density at radius 2 is 2.00 bits per heavy atom. The topological polar surface area (TPSA) is 73.2 Å². The molecule has 0 unspecified atom stereocenters. The molecular formula is C20H20FN3O3. The van der Waals surface area contributed by atoms with E-state index in [4.69, 9.17) is 4.74 Å². The van der Waals surface area contributed by atoms with E-state index in [1.54, 1.807) is 37.4 Å². The number of hydrogen-bond donors (Lipinski definition) is 1. The largest absolute Gasteiger partial charge is 0.497 e. The molecule has 2 aromatic rings. The van der Waals surface area contributed by atoms with Gasteiger partial charge in [-0.05, 0) is 48.1 Å². The zero-order chi connectivity index (χ0) is 19.8. The second-order valence-electron chi connectivity index (χ2n) is 5.61. The summed E-state index contributed by atoms with van der Waals surface area (Å²) in [6.07, 6.45) is 2.21. The molecule has 7 heteroatoms. The number of carbonyl (C=O) groups excluding carboxylic acids is 1. The molecule has 0 spiro atoms. The van der Waals surface area contributed by atoms with E-state index in [1.807, 2.05) is 0 Å². The lowest BCUT2D eigenvalue weighted by Crippen LogP contribution is -2.34. The number of allylic oxidation sites excluding steroid dienone is 2. The molecule has 1 N–H and O–H groups in total. The van der Waals surface area contributed by atoms with Crippen LogP contribution in [-0.2, 0) is 11.3 Å². The van der Waals surface area contributed by atoms with E-state index < -0.39 is 17.3 Å². The Balaban J connectivity index is 2.07. The molecule has 1 aromatic heterocycles. The van der Waals surface area contributed by atoms with Gasteiger partial charge in [-0.1, -0.05) is 13.2 Å². The number of carbonyl (C=O) groups is 1. The quantitative estimate of drug-likeness (QED) is 0.726. The maximum absolute atomic E-state index is 13.1. The maximum Gasteiger partial charge on any atom is 0.267 e. The van der Waals surface area contributed by atoms with Crippen molar-refractivity contribution in [2.45, 2.75) is 6.54 Å². The van der Waals surface area contributed by atoms with Gasteiger partial charge in [0.05, 0.1) is 12.8 Å². The van der Waals surface area contributed by atoms with E-state index in [1.165, 1.54) is 12.1 Å². The number of hydrogen-bond acceptors (Lipinski definition) is 4. The van der Waals surface area contributed by atoms with Crippen molar-refractivity contribution in [1.29, 1.82) is 0 Å². The van der Waals surface area contributed by atoms with Crippen molar-refractivity contribution >= 4 is 5.91 Å². The summed E-state index contributed by atoms with van der Waals surface area (Å²) in [6, 6.07) is 10.1. The van der Waals surface area contributed by atoms with E-state index in [9.17, 15) is 14.0 Å². The van der Waals surface area contributed by atoms with Crippen LogP contribution in [0.2, 0.25) is 0 Å². The monoisotopic (exact) mass is 369 g/mol. The summed E-state index contributed by atoms with van der Waals surface area (Å²) >= 11 is 0. The van der Waals surface area contributed by atoms with Gasteiger partial charge in [-0.15, -0.1) is 0 Å². The summed E-state index contributed by atoms with van der Waals surface area (Å²) in [7, 11) is 1.57. The lowest BCUT2D eigenvalue weighted by molar-refractivity contribution is -0.121. The van der Waals surface area contributed by atoms with Crippen molar-refractivity contribution in [2.24, 2.45) is 0 Å². The number of nitrogens with zero attached hydrogens (tertiary/aromatic N) is 2. The molecule has 0 aliphatic carbocycles. The highest BCUT2D eigenvalue weighted by molar-refractivity contribution is 5.76. The highest BCUT2D eigenvalue weighted by Gasteiger charge is 2.08. The lowest BCUT2D eigenvalue weighted by Gasteiger charge is -2.09. The molecule has 1 heterocycles. The van der Waals surface area contributed by atoms with Crippen molar-refractivity contribution in [3.8, 4) is 17.0 Å². The molecule has 0 atom stereocenters. The standard InChI is InChI=1S/C20H20FN3O3/c1-4-16(21)11-14(2)12-22-19(25)13-24-20(26)10-9-18(23-24)15-5-7-17(27-3)8-6-15/h4-11H,1-2,12-13H2,3H3,(H,22,25)/b16-11+. The molecular weight excluding hydrogens is 349 g/mol. The van der Waals surface area contributed by atoms with Crippen molar-refractivity contribution in [1.82, 2.24) is 15.1 Å². The fourth-order valence-corrected chi connectivity index (χ4v) is 2.19. The number of aromatic nitrogens is 2. The van der Waals surface area contributed by atoms with Crippen LogP contribution in [-0.4, -0.2) is 29.3 Å². The molecule has 0 aliphatic heterocycles. The fourth-order valence-electron chi connectivity index (χ4n) is 2.19. The first kappa shape index (κ1) is 19.8. The molecule has 0 saturated heterocycles. The van der Waals surface area contributed by atoms with Crippen molar-refractivity contribution in [3.05, 3.63) is 83.5 Å². The Labute approximate surface area is 156 Å². The summed E-state index contributed by atoms with van der Waals surface area (Å²) in [5.74, 6) is -0.280. The highest BCUT2D eigenvalue weighted by Crippen LogP contribution is 2.19. The third-order valence-electron chi connectivity index (χ3n) is 3.60. The van der Waals surface area contributed by atoms with Crippen LogP contribution < -0.4 is 15.6 Å². The van der Waals surface area contributed by atoms with Crippen LogP contribution in [0, 0.1) is 0 Å². The Morgan fingerprint density at radius 1 is 1.30 bits per heavy atom. The number of rotatable bonds is 8. The zero-order valence-electron chi connectivity index (χ0n) is 14.9.